The molecule has 4 rings (SSSR count). The second-order valence-electron chi connectivity index (χ2n) is 5.27. The lowest BCUT2D eigenvalue weighted by molar-refractivity contribution is -0.126. The van der Waals surface area contributed by atoms with Crippen molar-refractivity contribution >= 4 is 44.9 Å². The van der Waals surface area contributed by atoms with Gasteiger partial charge in [0.15, 0.2) is 5.76 Å². The third-order valence-electron chi connectivity index (χ3n) is 3.87. The number of nitrogens with zero attached hydrogens (tertiary/aromatic N) is 2. The van der Waals surface area contributed by atoms with E-state index in [9.17, 15) is 14.4 Å². The molecule has 0 spiro atoms. The first-order chi connectivity index (χ1) is 11.6. The number of benzene rings is 1. The molecule has 24 heavy (non-hydrogen) atoms. The summed E-state index contributed by atoms with van der Waals surface area (Å²) < 4.78 is 5.86. The number of Topliss-reactive ketones (excluding diaryl/α,β-unsaturated/α-hetero) is 1. The molecular formula is C16H9BrN2O5. The van der Waals surface area contributed by atoms with Crippen molar-refractivity contribution in [3.05, 3.63) is 52.9 Å². The maximum absolute atomic E-state index is 12.7. The first-order valence-corrected chi connectivity index (χ1v) is 7.82. The highest BCUT2D eigenvalue weighted by atomic mass is 79.9. The maximum Gasteiger partial charge on any atom is 0.278 e. The zero-order valence-electron chi connectivity index (χ0n) is 12.0. The van der Waals surface area contributed by atoms with Crippen molar-refractivity contribution in [3.63, 3.8) is 0 Å². The largest absolute Gasteiger partial charge is 0.461 e. The smallest absolute Gasteiger partial charge is 0.278 e. The van der Waals surface area contributed by atoms with E-state index in [1.165, 1.54) is 12.3 Å². The Balaban J connectivity index is 1.67. The summed E-state index contributed by atoms with van der Waals surface area (Å²) in [5, 5.41) is 3.65. The molecule has 0 unspecified atom stereocenters. The number of carbonyl (C=O) groups is 3. The van der Waals surface area contributed by atoms with E-state index in [0.717, 1.165) is 9.37 Å². The van der Waals surface area contributed by atoms with Crippen LogP contribution in [0.1, 0.15) is 10.6 Å². The van der Waals surface area contributed by atoms with Gasteiger partial charge in [-0.15, -0.1) is 0 Å². The maximum atomic E-state index is 12.7. The van der Waals surface area contributed by atoms with E-state index in [-0.39, 0.29) is 11.5 Å². The molecule has 1 aromatic heterocycles. The number of hydrogen-bond acceptors (Lipinski definition) is 6. The van der Waals surface area contributed by atoms with Crippen LogP contribution in [0, 0.1) is 5.92 Å². The van der Waals surface area contributed by atoms with Crippen molar-refractivity contribution in [2.75, 3.05) is 4.90 Å². The van der Waals surface area contributed by atoms with E-state index in [2.05, 4.69) is 21.1 Å². The van der Waals surface area contributed by atoms with Crippen LogP contribution in [0.25, 0.3) is 0 Å². The molecule has 1 aromatic carbocycles. The predicted octanol–water partition coefficient (Wildman–Crippen LogP) is 2.17. The zero-order valence-corrected chi connectivity index (χ0v) is 13.6. The number of halogens is 1. The van der Waals surface area contributed by atoms with Gasteiger partial charge in [-0.3, -0.25) is 14.4 Å². The molecule has 7 nitrogen and oxygen atoms in total. The lowest BCUT2D eigenvalue weighted by Crippen LogP contribution is -2.34. The van der Waals surface area contributed by atoms with Crippen LogP contribution in [0.3, 0.4) is 0 Å². The third kappa shape index (κ3) is 2.10. The molecule has 120 valence electrons. The highest BCUT2D eigenvalue weighted by Crippen LogP contribution is 2.34. The number of imide groups is 1. The van der Waals surface area contributed by atoms with Crippen LogP contribution in [0.15, 0.2) is 56.7 Å². The van der Waals surface area contributed by atoms with Gasteiger partial charge in [0, 0.05) is 4.47 Å². The predicted molar refractivity (Wildman–Crippen MR) is 85.5 cm³/mol. The number of rotatable bonds is 3. The number of furan rings is 1. The fourth-order valence-electron chi connectivity index (χ4n) is 2.74. The normalized spacial score (nSPS) is 22.4. The number of oxime groups is 1. The highest BCUT2D eigenvalue weighted by Gasteiger charge is 2.57. The Kier molecular flexibility index (Phi) is 3.34. The molecule has 2 amide bonds. The van der Waals surface area contributed by atoms with Crippen LogP contribution in [-0.2, 0) is 14.4 Å². The molecule has 0 aliphatic carbocycles. The van der Waals surface area contributed by atoms with Crippen LogP contribution in [0.4, 0.5) is 5.69 Å². The highest BCUT2D eigenvalue weighted by molar-refractivity contribution is 9.10. The Labute approximate surface area is 144 Å². The standard InChI is InChI=1S/C16H9BrN2O5/c17-8-3-5-9(6-4-8)19-15(21)11-12(18-24-14(11)16(19)22)13(20)10-2-1-7-23-10/h1-7,11,14H/t11-,14+/m1/s1. The topological polar surface area (TPSA) is 89.2 Å². The molecule has 2 aromatic rings. The molecule has 0 N–H and O–H groups in total. The summed E-state index contributed by atoms with van der Waals surface area (Å²) in [4.78, 5) is 43.7. The fraction of sp³-hybridized carbons (Fsp3) is 0.125. The van der Waals surface area contributed by atoms with Crippen LogP contribution in [-0.4, -0.2) is 29.4 Å². The molecular weight excluding hydrogens is 380 g/mol. The SMILES string of the molecule is O=C(C1=NO[C@@H]2C(=O)N(c3ccc(Br)cc3)C(=O)[C@H]12)c1ccco1. The second-order valence-corrected chi connectivity index (χ2v) is 6.19. The summed E-state index contributed by atoms with van der Waals surface area (Å²) in [7, 11) is 0. The molecule has 8 heteroatoms. The van der Waals surface area contributed by atoms with Crippen molar-refractivity contribution in [1.82, 2.24) is 0 Å². The molecule has 0 bridgehead atoms. The van der Waals surface area contributed by atoms with E-state index >= 15 is 0 Å². The Hall–Kier alpha value is -2.74. The third-order valence-corrected chi connectivity index (χ3v) is 4.40. The first-order valence-electron chi connectivity index (χ1n) is 7.03. The van der Waals surface area contributed by atoms with Gasteiger partial charge < -0.3 is 9.25 Å². The summed E-state index contributed by atoms with van der Waals surface area (Å²) >= 11 is 3.30. The van der Waals surface area contributed by atoms with Crippen molar-refractivity contribution in [2.24, 2.45) is 11.1 Å². The van der Waals surface area contributed by atoms with Crippen molar-refractivity contribution in [2.45, 2.75) is 6.10 Å². The first kappa shape index (κ1) is 14.8. The summed E-state index contributed by atoms with van der Waals surface area (Å²) in [6.45, 7) is 0. The molecule has 2 atom stereocenters. The van der Waals surface area contributed by atoms with Crippen molar-refractivity contribution < 1.29 is 23.6 Å². The monoisotopic (exact) mass is 388 g/mol. The molecule has 3 heterocycles. The molecule has 2 aliphatic rings. The number of carbonyl (C=O) groups excluding carboxylic acids is 3. The van der Waals surface area contributed by atoms with Gasteiger partial charge >= 0.3 is 0 Å². The summed E-state index contributed by atoms with van der Waals surface area (Å²) in [6.07, 6.45) is 0.228. The number of hydrogen-bond donors (Lipinski definition) is 0. The quantitative estimate of drug-likeness (QED) is 0.593. The van der Waals surface area contributed by atoms with Crippen LogP contribution in [0.5, 0.6) is 0 Å². The van der Waals surface area contributed by atoms with Gasteiger partial charge in [0.2, 0.25) is 17.8 Å². The van der Waals surface area contributed by atoms with E-state index in [4.69, 9.17) is 9.25 Å². The molecule has 0 saturated carbocycles. The number of ketones is 1. The minimum Gasteiger partial charge on any atom is -0.461 e. The Morgan fingerprint density at radius 3 is 2.54 bits per heavy atom. The number of amides is 2. The molecule has 1 fully saturated rings. The van der Waals surface area contributed by atoms with Crippen molar-refractivity contribution in [1.29, 1.82) is 0 Å². The number of fused-ring (bicyclic) bond motifs is 1. The number of anilines is 1. The minimum absolute atomic E-state index is 0.0420. The summed E-state index contributed by atoms with van der Waals surface area (Å²) in [5.41, 5.74) is 0.295. The lowest BCUT2D eigenvalue weighted by Gasteiger charge is -2.15. The van der Waals surface area contributed by atoms with Gasteiger partial charge in [-0.05, 0) is 36.4 Å². The summed E-state index contributed by atoms with van der Waals surface area (Å²) in [5.74, 6) is -2.66. The Bertz CT molecular complexity index is 872. The Morgan fingerprint density at radius 1 is 1.12 bits per heavy atom. The van der Waals surface area contributed by atoms with Crippen LogP contribution >= 0.6 is 15.9 Å². The van der Waals surface area contributed by atoms with Gasteiger partial charge in [0.1, 0.15) is 11.6 Å². The lowest BCUT2D eigenvalue weighted by atomic mass is 9.96. The molecule has 1 saturated heterocycles. The van der Waals surface area contributed by atoms with Gasteiger partial charge in [-0.1, -0.05) is 21.1 Å². The van der Waals surface area contributed by atoms with Crippen LogP contribution < -0.4 is 4.90 Å². The van der Waals surface area contributed by atoms with E-state index in [1.54, 1.807) is 30.3 Å². The summed E-state index contributed by atoms with van der Waals surface area (Å²) in [6, 6.07) is 9.71. The van der Waals surface area contributed by atoms with Gasteiger partial charge in [-0.25, -0.2) is 4.90 Å². The zero-order chi connectivity index (χ0) is 16.8. The fourth-order valence-corrected chi connectivity index (χ4v) is 3.01. The van der Waals surface area contributed by atoms with Crippen molar-refractivity contribution in [3.8, 4) is 0 Å². The van der Waals surface area contributed by atoms with E-state index in [0.29, 0.717) is 5.69 Å². The minimum atomic E-state index is -1.12. The van der Waals surface area contributed by atoms with E-state index < -0.39 is 29.6 Å². The average molecular weight is 389 g/mol. The Morgan fingerprint density at radius 2 is 1.88 bits per heavy atom. The average Bonchev–Trinajstić information content (AvgIpc) is 3.29. The molecule has 2 aliphatic heterocycles. The molecule has 0 radical (unpaired) electrons. The van der Waals surface area contributed by atoms with E-state index in [1.807, 2.05) is 0 Å². The second kappa shape index (κ2) is 5.41. The van der Waals surface area contributed by atoms with Crippen LogP contribution in [0.2, 0.25) is 0 Å². The van der Waals surface area contributed by atoms with Gasteiger partial charge in [0.05, 0.1) is 12.0 Å². The van der Waals surface area contributed by atoms with Gasteiger partial charge in [0.25, 0.3) is 5.91 Å². The van der Waals surface area contributed by atoms with Gasteiger partial charge in [-0.2, -0.15) is 0 Å².